The van der Waals surface area contributed by atoms with E-state index in [4.69, 9.17) is 14.2 Å². The molecule has 1 fully saturated rings. The molecule has 0 spiro atoms. The summed E-state index contributed by atoms with van der Waals surface area (Å²) < 4.78 is 16.0. The molecule has 1 saturated carbocycles. The highest BCUT2D eigenvalue weighted by Crippen LogP contribution is 2.31. The van der Waals surface area contributed by atoms with Crippen molar-refractivity contribution >= 4 is 0 Å². The normalized spacial score (nSPS) is 23.6. The standard InChI is InChI=1S/C15H23NO3/c1-10(16-11-7-13(8-11)18-3)14-6-5-12(17-2)9-15(14)19-4/h5-6,9-11,13,16H,7-8H2,1-4H3. The number of methoxy groups -OCH3 is 3. The molecule has 0 aliphatic heterocycles. The van der Waals surface area contributed by atoms with Gasteiger partial charge in [-0.3, -0.25) is 0 Å². The van der Waals surface area contributed by atoms with Gasteiger partial charge >= 0.3 is 0 Å². The van der Waals surface area contributed by atoms with E-state index in [-0.39, 0.29) is 6.04 Å². The summed E-state index contributed by atoms with van der Waals surface area (Å²) in [7, 11) is 5.13. The molecule has 19 heavy (non-hydrogen) atoms. The Hall–Kier alpha value is -1.26. The Bertz CT molecular complexity index is 416. The molecule has 0 radical (unpaired) electrons. The molecule has 4 heteroatoms. The molecular weight excluding hydrogens is 242 g/mol. The van der Waals surface area contributed by atoms with Gasteiger partial charge in [0.05, 0.1) is 20.3 Å². The summed E-state index contributed by atoms with van der Waals surface area (Å²) in [6, 6.07) is 6.73. The number of hydrogen-bond donors (Lipinski definition) is 1. The zero-order valence-corrected chi connectivity index (χ0v) is 12.1. The maximum Gasteiger partial charge on any atom is 0.127 e. The lowest BCUT2D eigenvalue weighted by molar-refractivity contribution is 0.0146. The molecule has 0 saturated heterocycles. The van der Waals surface area contributed by atoms with Crippen LogP contribution in [0.4, 0.5) is 0 Å². The maximum absolute atomic E-state index is 5.44. The van der Waals surface area contributed by atoms with Crippen molar-refractivity contribution in [3.8, 4) is 11.5 Å². The van der Waals surface area contributed by atoms with Gasteiger partial charge in [0, 0.05) is 30.8 Å². The highest BCUT2D eigenvalue weighted by atomic mass is 16.5. The molecule has 4 nitrogen and oxygen atoms in total. The highest BCUT2D eigenvalue weighted by molar-refractivity contribution is 5.42. The summed E-state index contributed by atoms with van der Waals surface area (Å²) in [5.41, 5.74) is 1.16. The van der Waals surface area contributed by atoms with Crippen molar-refractivity contribution in [1.82, 2.24) is 5.32 Å². The van der Waals surface area contributed by atoms with Crippen LogP contribution >= 0.6 is 0 Å². The van der Waals surface area contributed by atoms with Crippen LogP contribution in [0.3, 0.4) is 0 Å². The number of hydrogen-bond acceptors (Lipinski definition) is 4. The van der Waals surface area contributed by atoms with Crippen LogP contribution in [0.2, 0.25) is 0 Å². The zero-order chi connectivity index (χ0) is 13.8. The van der Waals surface area contributed by atoms with Crippen LogP contribution in [-0.2, 0) is 4.74 Å². The van der Waals surface area contributed by atoms with E-state index in [2.05, 4.69) is 18.3 Å². The van der Waals surface area contributed by atoms with Crippen molar-refractivity contribution in [2.45, 2.75) is 38.0 Å². The summed E-state index contributed by atoms with van der Waals surface area (Å²) in [4.78, 5) is 0. The van der Waals surface area contributed by atoms with Crippen LogP contribution in [0.5, 0.6) is 11.5 Å². The summed E-state index contributed by atoms with van der Waals surface area (Å²) in [6.07, 6.45) is 2.58. The molecule has 0 aromatic heterocycles. The van der Waals surface area contributed by atoms with E-state index in [0.717, 1.165) is 29.9 Å². The van der Waals surface area contributed by atoms with E-state index in [0.29, 0.717) is 12.1 Å². The predicted octanol–water partition coefficient (Wildman–Crippen LogP) is 2.53. The Morgan fingerprint density at radius 3 is 2.47 bits per heavy atom. The van der Waals surface area contributed by atoms with Crippen LogP contribution in [0.25, 0.3) is 0 Å². The first-order valence-electron chi connectivity index (χ1n) is 6.68. The highest BCUT2D eigenvalue weighted by Gasteiger charge is 2.30. The first-order chi connectivity index (χ1) is 9.17. The third-order valence-corrected chi connectivity index (χ3v) is 3.82. The molecular formula is C15H23NO3. The van der Waals surface area contributed by atoms with Crippen LogP contribution in [0.1, 0.15) is 31.4 Å². The van der Waals surface area contributed by atoms with Gasteiger partial charge in [0.2, 0.25) is 0 Å². The van der Waals surface area contributed by atoms with E-state index in [1.807, 2.05) is 12.1 Å². The second kappa shape index (κ2) is 6.26. The SMILES string of the molecule is COc1ccc(C(C)NC2CC(OC)C2)c(OC)c1. The van der Waals surface area contributed by atoms with Gasteiger partial charge in [0.15, 0.2) is 0 Å². The van der Waals surface area contributed by atoms with Gasteiger partial charge in [-0.2, -0.15) is 0 Å². The Labute approximate surface area is 115 Å². The monoisotopic (exact) mass is 265 g/mol. The van der Waals surface area contributed by atoms with Crippen molar-refractivity contribution in [3.05, 3.63) is 23.8 Å². The van der Waals surface area contributed by atoms with Gasteiger partial charge < -0.3 is 19.5 Å². The molecule has 1 aliphatic carbocycles. The second-order valence-electron chi connectivity index (χ2n) is 5.02. The summed E-state index contributed by atoms with van der Waals surface area (Å²) >= 11 is 0. The van der Waals surface area contributed by atoms with Gasteiger partial charge in [0.25, 0.3) is 0 Å². The second-order valence-corrected chi connectivity index (χ2v) is 5.02. The van der Waals surface area contributed by atoms with Crippen LogP contribution < -0.4 is 14.8 Å². The molecule has 1 unspecified atom stereocenters. The molecule has 106 valence electrons. The van der Waals surface area contributed by atoms with Crippen LogP contribution in [0, 0.1) is 0 Å². The third kappa shape index (κ3) is 3.19. The van der Waals surface area contributed by atoms with E-state index in [9.17, 15) is 0 Å². The lowest BCUT2D eigenvalue weighted by Crippen LogP contribution is -2.45. The number of benzene rings is 1. The van der Waals surface area contributed by atoms with Gasteiger partial charge in [0.1, 0.15) is 11.5 Å². The first kappa shape index (κ1) is 14.2. The van der Waals surface area contributed by atoms with Gasteiger partial charge in [-0.05, 0) is 25.8 Å². The molecule has 1 aromatic carbocycles. The predicted molar refractivity (Wildman–Crippen MR) is 74.9 cm³/mol. The lowest BCUT2D eigenvalue weighted by Gasteiger charge is -2.37. The lowest BCUT2D eigenvalue weighted by atomic mass is 9.88. The number of rotatable bonds is 6. The smallest absolute Gasteiger partial charge is 0.127 e. The average molecular weight is 265 g/mol. The fourth-order valence-corrected chi connectivity index (χ4v) is 2.51. The van der Waals surface area contributed by atoms with Crippen molar-refractivity contribution < 1.29 is 14.2 Å². The van der Waals surface area contributed by atoms with Crippen molar-refractivity contribution in [1.29, 1.82) is 0 Å². The Kier molecular flexibility index (Phi) is 4.66. The fraction of sp³-hybridized carbons (Fsp3) is 0.600. The first-order valence-corrected chi connectivity index (χ1v) is 6.68. The minimum atomic E-state index is 0.253. The molecule has 1 N–H and O–H groups in total. The van der Waals surface area contributed by atoms with Crippen LogP contribution in [0.15, 0.2) is 18.2 Å². The Balaban J connectivity index is 2.00. The molecule has 0 bridgehead atoms. The van der Waals surface area contributed by atoms with Crippen molar-refractivity contribution in [2.75, 3.05) is 21.3 Å². The molecule has 0 amide bonds. The molecule has 1 aliphatic rings. The molecule has 1 aromatic rings. The third-order valence-electron chi connectivity index (χ3n) is 3.82. The van der Waals surface area contributed by atoms with Crippen molar-refractivity contribution in [2.24, 2.45) is 0 Å². The molecule has 2 rings (SSSR count). The fourth-order valence-electron chi connectivity index (χ4n) is 2.51. The average Bonchev–Trinajstić information content (AvgIpc) is 2.41. The molecule has 1 atom stereocenters. The van der Waals surface area contributed by atoms with Gasteiger partial charge in [-0.1, -0.05) is 6.07 Å². The minimum Gasteiger partial charge on any atom is -0.497 e. The Morgan fingerprint density at radius 2 is 1.89 bits per heavy atom. The topological polar surface area (TPSA) is 39.7 Å². The van der Waals surface area contributed by atoms with Gasteiger partial charge in [-0.25, -0.2) is 0 Å². The van der Waals surface area contributed by atoms with Gasteiger partial charge in [-0.15, -0.1) is 0 Å². The van der Waals surface area contributed by atoms with Crippen molar-refractivity contribution in [3.63, 3.8) is 0 Å². The summed E-state index contributed by atoms with van der Waals surface area (Å²) in [5, 5.41) is 3.61. The molecule has 0 heterocycles. The minimum absolute atomic E-state index is 0.253. The summed E-state index contributed by atoms with van der Waals surface area (Å²) in [5.74, 6) is 1.68. The number of nitrogens with one attached hydrogen (secondary N) is 1. The van der Waals surface area contributed by atoms with E-state index >= 15 is 0 Å². The van der Waals surface area contributed by atoms with E-state index in [1.54, 1.807) is 21.3 Å². The zero-order valence-electron chi connectivity index (χ0n) is 12.1. The van der Waals surface area contributed by atoms with E-state index in [1.165, 1.54) is 0 Å². The largest absolute Gasteiger partial charge is 0.497 e. The maximum atomic E-state index is 5.44. The Morgan fingerprint density at radius 1 is 1.16 bits per heavy atom. The number of ether oxygens (including phenoxy) is 3. The summed E-state index contributed by atoms with van der Waals surface area (Å²) in [6.45, 7) is 2.16. The van der Waals surface area contributed by atoms with Crippen LogP contribution in [-0.4, -0.2) is 33.5 Å². The van der Waals surface area contributed by atoms with E-state index < -0.39 is 0 Å². The quantitative estimate of drug-likeness (QED) is 0.858.